The number of carbonyl (C=O) groups excluding carboxylic acids is 2. The van der Waals surface area contributed by atoms with E-state index in [2.05, 4.69) is 21.3 Å². The number of anilines is 1. The third-order valence-electron chi connectivity index (χ3n) is 4.78. The molecule has 0 saturated heterocycles. The molecule has 0 unspecified atom stereocenters. The van der Waals surface area contributed by atoms with Crippen molar-refractivity contribution >= 4 is 29.1 Å². The molecular formula is C22H21ClN6O3. The number of aromatic nitrogens is 2. The van der Waals surface area contributed by atoms with Crippen molar-refractivity contribution in [1.29, 1.82) is 5.26 Å². The predicted molar refractivity (Wildman–Crippen MR) is 119 cm³/mol. The zero-order valence-electron chi connectivity index (χ0n) is 17.3. The van der Waals surface area contributed by atoms with Crippen molar-refractivity contribution in [2.24, 2.45) is 0 Å². The molecule has 0 bridgehead atoms. The van der Waals surface area contributed by atoms with Crippen LogP contribution in [0.5, 0.6) is 0 Å². The van der Waals surface area contributed by atoms with E-state index in [1.807, 2.05) is 6.07 Å². The van der Waals surface area contributed by atoms with Crippen LogP contribution >= 0.6 is 11.6 Å². The number of amides is 2. The van der Waals surface area contributed by atoms with E-state index in [9.17, 15) is 14.7 Å². The Kier molecular flexibility index (Phi) is 7.10. The number of nitrogens with zero attached hydrogens (tertiary/aromatic N) is 3. The van der Waals surface area contributed by atoms with Gasteiger partial charge >= 0.3 is 0 Å². The lowest BCUT2D eigenvalue weighted by atomic mass is 10.1. The maximum absolute atomic E-state index is 12.6. The Morgan fingerprint density at radius 1 is 1.19 bits per heavy atom. The molecule has 10 heteroatoms. The van der Waals surface area contributed by atoms with E-state index in [0.717, 1.165) is 5.69 Å². The summed E-state index contributed by atoms with van der Waals surface area (Å²) in [5.41, 5.74) is 7.12. The van der Waals surface area contributed by atoms with Gasteiger partial charge in [0.05, 0.1) is 22.4 Å². The topological polar surface area (TPSA) is 132 Å². The first kappa shape index (κ1) is 22.8. The van der Waals surface area contributed by atoms with E-state index >= 15 is 0 Å². The van der Waals surface area contributed by atoms with E-state index in [0.29, 0.717) is 22.4 Å². The first-order valence-corrected chi connectivity index (χ1v) is 10.0. The minimum Gasteiger partial charge on any atom is -0.391 e. The summed E-state index contributed by atoms with van der Waals surface area (Å²) in [4.78, 5) is 25.0. The minimum atomic E-state index is -1.09. The molecule has 3 aromatic rings. The van der Waals surface area contributed by atoms with Gasteiger partial charge in [-0.15, -0.1) is 0 Å². The highest BCUT2D eigenvalue weighted by Gasteiger charge is 2.25. The van der Waals surface area contributed by atoms with Crippen LogP contribution in [0.2, 0.25) is 5.02 Å². The highest BCUT2D eigenvalue weighted by Crippen LogP contribution is 2.27. The summed E-state index contributed by atoms with van der Waals surface area (Å²) in [6.45, 7) is 3.13. The fourth-order valence-corrected chi connectivity index (χ4v) is 3.16. The molecule has 1 aromatic heterocycles. The lowest BCUT2D eigenvalue weighted by Crippen LogP contribution is -2.52. The molecular weight excluding hydrogens is 432 g/mol. The summed E-state index contributed by atoms with van der Waals surface area (Å²) in [5.74, 6) is -1.17. The molecule has 32 heavy (non-hydrogen) atoms. The van der Waals surface area contributed by atoms with Crippen molar-refractivity contribution in [3.05, 3.63) is 76.6 Å². The number of hydrogen-bond acceptors (Lipinski definition) is 6. The summed E-state index contributed by atoms with van der Waals surface area (Å²) in [7, 11) is 0. The average Bonchev–Trinajstić information content (AvgIpc) is 3.33. The number of halogens is 1. The van der Waals surface area contributed by atoms with Crippen molar-refractivity contribution in [2.75, 3.05) is 5.32 Å². The van der Waals surface area contributed by atoms with Crippen molar-refractivity contribution in [1.82, 2.24) is 20.6 Å². The highest BCUT2D eigenvalue weighted by molar-refractivity contribution is 6.32. The molecule has 164 valence electrons. The Morgan fingerprint density at radius 3 is 2.50 bits per heavy atom. The molecule has 3 rings (SSSR count). The van der Waals surface area contributed by atoms with Crippen LogP contribution in [0.3, 0.4) is 0 Å². The molecule has 0 fully saturated rings. The number of nitrogens with one attached hydrogen (secondary N) is 3. The van der Waals surface area contributed by atoms with Gasteiger partial charge in [-0.1, -0.05) is 11.6 Å². The number of benzene rings is 2. The molecule has 0 spiro atoms. The van der Waals surface area contributed by atoms with Gasteiger partial charge in [0.25, 0.3) is 11.8 Å². The normalized spacial score (nSPS) is 12.3. The second-order valence-electron chi connectivity index (χ2n) is 7.01. The Bertz CT molecular complexity index is 1150. The number of aliphatic hydroxyl groups is 1. The molecule has 2 aromatic carbocycles. The SMILES string of the molecule is Cc1c(N[C@@H](C(=O)NNC(=O)c2ccc(-n3cccn3)cc2)[C@H](C)O)ccc(C#N)c1Cl. The summed E-state index contributed by atoms with van der Waals surface area (Å²) >= 11 is 6.17. The van der Waals surface area contributed by atoms with E-state index in [-0.39, 0.29) is 5.02 Å². The molecule has 1 heterocycles. The fraction of sp³-hybridized carbons (Fsp3) is 0.182. The van der Waals surface area contributed by atoms with Gasteiger partial charge in [0.2, 0.25) is 0 Å². The molecule has 0 aliphatic carbocycles. The molecule has 0 saturated carbocycles. The second-order valence-corrected chi connectivity index (χ2v) is 7.39. The molecule has 2 atom stereocenters. The standard InChI is InChI=1S/C22H21ClN6O3/c1-13-18(9-6-16(12-24)19(13)23)26-20(14(2)30)22(32)28-27-21(31)15-4-7-17(8-5-15)29-11-3-10-25-29/h3-11,14,20,26,30H,1-2H3,(H,27,31)(H,28,32)/t14-,20+/m0/s1. The Morgan fingerprint density at radius 2 is 1.91 bits per heavy atom. The van der Waals surface area contributed by atoms with Gasteiger partial charge in [-0.2, -0.15) is 10.4 Å². The molecule has 9 nitrogen and oxygen atoms in total. The van der Waals surface area contributed by atoms with Gasteiger partial charge in [-0.25, -0.2) is 4.68 Å². The fourth-order valence-electron chi connectivity index (χ4n) is 2.96. The van der Waals surface area contributed by atoms with Crippen LogP contribution in [0.4, 0.5) is 5.69 Å². The maximum atomic E-state index is 12.6. The van der Waals surface area contributed by atoms with Crippen molar-refractivity contribution in [3.8, 4) is 11.8 Å². The maximum Gasteiger partial charge on any atom is 0.269 e. The van der Waals surface area contributed by atoms with E-state index in [1.165, 1.54) is 13.0 Å². The number of carbonyl (C=O) groups is 2. The predicted octanol–water partition coefficient (Wildman–Crippen LogP) is 2.33. The quantitative estimate of drug-likeness (QED) is 0.424. The van der Waals surface area contributed by atoms with Crippen molar-refractivity contribution in [2.45, 2.75) is 26.0 Å². The first-order chi connectivity index (χ1) is 15.3. The van der Waals surface area contributed by atoms with Crippen LogP contribution in [0.25, 0.3) is 5.69 Å². The van der Waals surface area contributed by atoms with Crippen LogP contribution in [0.15, 0.2) is 54.9 Å². The summed E-state index contributed by atoms with van der Waals surface area (Å²) in [5, 5.41) is 26.4. The van der Waals surface area contributed by atoms with E-state index in [1.54, 1.807) is 60.4 Å². The van der Waals surface area contributed by atoms with Gasteiger partial charge in [0, 0.05) is 23.6 Å². The van der Waals surface area contributed by atoms with Crippen LogP contribution in [-0.4, -0.2) is 38.8 Å². The van der Waals surface area contributed by atoms with Gasteiger partial charge in [-0.05, 0) is 61.9 Å². The summed E-state index contributed by atoms with van der Waals surface area (Å²) < 4.78 is 1.65. The lowest BCUT2D eigenvalue weighted by molar-refractivity contribution is -0.124. The van der Waals surface area contributed by atoms with Gasteiger partial charge in [0.1, 0.15) is 12.1 Å². The third kappa shape index (κ3) is 5.06. The molecule has 4 N–H and O–H groups in total. The van der Waals surface area contributed by atoms with Crippen LogP contribution in [0.1, 0.15) is 28.4 Å². The summed E-state index contributed by atoms with van der Waals surface area (Å²) in [6.07, 6.45) is 2.34. The highest BCUT2D eigenvalue weighted by atomic mass is 35.5. The minimum absolute atomic E-state index is 0.258. The molecule has 2 amide bonds. The number of aliphatic hydroxyl groups excluding tert-OH is 1. The van der Waals surface area contributed by atoms with Crippen LogP contribution < -0.4 is 16.2 Å². The van der Waals surface area contributed by atoms with Crippen molar-refractivity contribution in [3.63, 3.8) is 0 Å². The van der Waals surface area contributed by atoms with Crippen molar-refractivity contribution < 1.29 is 14.7 Å². The van der Waals surface area contributed by atoms with Crippen LogP contribution in [0, 0.1) is 18.3 Å². The molecule has 0 radical (unpaired) electrons. The lowest BCUT2D eigenvalue weighted by Gasteiger charge is -2.23. The third-order valence-corrected chi connectivity index (χ3v) is 5.27. The van der Waals surface area contributed by atoms with E-state index < -0.39 is 24.0 Å². The monoisotopic (exact) mass is 452 g/mol. The zero-order valence-corrected chi connectivity index (χ0v) is 18.1. The largest absolute Gasteiger partial charge is 0.391 e. The molecule has 0 aliphatic rings. The van der Waals surface area contributed by atoms with E-state index in [4.69, 9.17) is 16.9 Å². The van der Waals surface area contributed by atoms with Crippen LogP contribution in [-0.2, 0) is 4.79 Å². The second kappa shape index (κ2) is 9.96. The molecule has 0 aliphatic heterocycles. The summed E-state index contributed by atoms with van der Waals surface area (Å²) in [6, 6.07) is 12.5. The smallest absolute Gasteiger partial charge is 0.269 e. The van der Waals surface area contributed by atoms with Gasteiger partial charge in [0.15, 0.2) is 0 Å². The Labute approximate surface area is 189 Å². The van der Waals surface area contributed by atoms with Gasteiger partial charge < -0.3 is 10.4 Å². The Balaban J connectivity index is 1.64. The van der Waals surface area contributed by atoms with Gasteiger partial charge in [-0.3, -0.25) is 20.4 Å². The Hall–Kier alpha value is -3.87. The average molecular weight is 453 g/mol. The number of rotatable bonds is 6. The zero-order chi connectivity index (χ0) is 23.3. The number of hydrogen-bond donors (Lipinski definition) is 4. The number of hydrazine groups is 1. The first-order valence-electron chi connectivity index (χ1n) is 9.66. The number of nitriles is 1.